The van der Waals surface area contributed by atoms with E-state index in [0.717, 1.165) is 5.56 Å². The van der Waals surface area contributed by atoms with Crippen molar-refractivity contribution in [3.63, 3.8) is 0 Å². The molecule has 0 saturated carbocycles. The first kappa shape index (κ1) is 12.3. The summed E-state index contributed by atoms with van der Waals surface area (Å²) in [4.78, 5) is 11.7. The van der Waals surface area contributed by atoms with Gasteiger partial charge in [-0.1, -0.05) is 48.5 Å². The van der Waals surface area contributed by atoms with Crippen LogP contribution in [0.5, 0.6) is 0 Å². The van der Waals surface area contributed by atoms with Gasteiger partial charge >= 0.3 is 5.97 Å². The maximum Gasteiger partial charge on any atom is 0.338 e. The number of nitrogens with two attached hydrogens (primary N) is 1. The molecule has 0 aliphatic carbocycles. The molecule has 0 aliphatic heterocycles. The van der Waals surface area contributed by atoms with E-state index in [9.17, 15) is 4.79 Å². The molecular weight excluding hydrogens is 226 g/mol. The van der Waals surface area contributed by atoms with Crippen molar-refractivity contribution in [3.05, 3.63) is 71.8 Å². The molecule has 18 heavy (non-hydrogen) atoms. The van der Waals surface area contributed by atoms with Gasteiger partial charge in [-0.2, -0.15) is 0 Å². The third-order valence-electron chi connectivity index (χ3n) is 2.63. The Morgan fingerprint density at radius 3 is 2.17 bits per heavy atom. The molecule has 2 aromatic carbocycles. The molecule has 0 radical (unpaired) electrons. The van der Waals surface area contributed by atoms with Crippen LogP contribution in [0, 0.1) is 0 Å². The number of ether oxygens (including phenoxy) is 1. The third kappa shape index (κ3) is 3.18. The summed E-state index contributed by atoms with van der Waals surface area (Å²) >= 11 is 0. The number of benzene rings is 2. The second kappa shape index (κ2) is 5.98. The van der Waals surface area contributed by atoms with Crippen molar-refractivity contribution in [2.24, 2.45) is 5.73 Å². The Morgan fingerprint density at radius 2 is 1.56 bits per heavy atom. The van der Waals surface area contributed by atoms with Crippen LogP contribution in [-0.2, 0) is 4.74 Å². The smallest absolute Gasteiger partial charge is 0.338 e. The highest BCUT2D eigenvalue weighted by Crippen LogP contribution is 2.10. The minimum Gasteiger partial charge on any atom is -0.460 e. The molecule has 2 N–H and O–H groups in total. The van der Waals surface area contributed by atoms with E-state index in [4.69, 9.17) is 10.5 Å². The zero-order valence-electron chi connectivity index (χ0n) is 9.95. The molecule has 0 bridgehead atoms. The molecule has 92 valence electrons. The van der Waals surface area contributed by atoms with Crippen molar-refractivity contribution in [1.82, 2.24) is 0 Å². The highest BCUT2D eigenvalue weighted by Gasteiger charge is 2.10. The SMILES string of the molecule is NC(COC(=O)c1ccccc1)c1ccccc1. The van der Waals surface area contributed by atoms with E-state index >= 15 is 0 Å². The number of carbonyl (C=O) groups excluding carboxylic acids is 1. The van der Waals surface area contributed by atoms with E-state index in [1.54, 1.807) is 24.3 Å². The first-order valence-corrected chi connectivity index (χ1v) is 5.80. The van der Waals surface area contributed by atoms with Crippen LogP contribution in [-0.4, -0.2) is 12.6 Å². The monoisotopic (exact) mass is 241 g/mol. The van der Waals surface area contributed by atoms with Crippen molar-refractivity contribution in [2.75, 3.05) is 6.61 Å². The average molecular weight is 241 g/mol. The van der Waals surface area contributed by atoms with Gasteiger partial charge in [0.25, 0.3) is 0 Å². The van der Waals surface area contributed by atoms with Crippen LogP contribution in [0.3, 0.4) is 0 Å². The fraction of sp³-hybridized carbons (Fsp3) is 0.133. The average Bonchev–Trinajstić information content (AvgIpc) is 2.46. The summed E-state index contributed by atoms with van der Waals surface area (Å²) in [5.41, 5.74) is 7.44. The van der Waals surface area contributed by atoms with Crippen LogP contribution in [0.4, 0.5) is 0 Å². The molecule has 3 heteroatoms. The Labute approximate surface area is 106 Å². The van der Waals surface area contributed by atoms with Crippen molar-refractivity contribution >= 4 is 5.97 Å². The summed E-state index contributed by atoms with van der Waals surface area (Å²) in [6.45, 7) is 0.178. The zero-order valence-corrected chi connectivity index (χ0v) is 9.95. The lowest BCUT2D eigenvalue weighted by Gasteiger charge is -2.12. The van der Waals surface area contributed by atoms with E-state index in [1.165, 1.54) is 0 Å². The van der Waals surface area contributed by atoms with Crippen LogP contribution >= 0.6 is 0 Å². The van der Waals surface area contributed by atoms with E-state index in [0.29, 0.717) is 5.56 Å². The first-order valence-electron chi connectivity index (χ1n) is 5.80. The van der Waals surface area contributed by atoms with Gasteiger partial charge in [-0.05, 0) is 17.7 Å². The van der Waals surface area contributed by atoms with E-state index in [1.807, 2.05) is 36.4 Å². The molecule has 2 aromatic rings. The second-order valence-electron chi connectivity index (χ2n) is 3.98. The largest absolute Gasteiger partial charge is 0.460 e. The van der Waals surface area contributed by atoms with E-state index in [2.05, 4.69) is 0 Å². The van der Waals surface area contributed by atoms with Gasteiger partial charge < -0.3 is 10.5 Å². The molecule has 0 aromatic heterocycles. The molecule has 0 fully saturated rings. The fourth-order valence-corrected chi connectivity index (χ4v) is 1.62. The normalized spacial score (nSPS) is 11.8. The lowest BCUT2D eigenvalue weighted by molar-refractivity contribution is 0.0481. The quantitative estimate of drug-likeness (QED) is 0.837. The Kier molecular flexibility index (Phi) is 4.10. The molecule has 0 aliphatic rings. The van der Waals surface area contributed by atoms with Gasteiger partial charge in [-0.25, -0.2) is 4.79 Å². The topological polar surface area (TPSA) is 52.3 Å². The van der Waals surface area contributed by atoms with Gasteiger partial charge in [0.1, 0.15) is 6.61 Å². The van der Waals surface area contributed by atoms with Crippen LogP contribution in [0.1, 0.15) is 22.0 Å². The number of esters is 1. The Bertz CT molecular complexity index is 496. The zero-order chi connectivity index (χ0) is 12.8. The van der Waals surface area contributed by atoms with Gasteiger partial charge in [0.15, 0.2) is 0 Å². The molecule has 1 unspecified atom stereocenters. The summed E-state index contributed by atoms with van der Waals surface area (Å²) in [6, 6.07) is 18.2. The van der Waals surface area contributed by atoms with Gasteiger partial charge in [-0.3, -0.25) is 0 Å². The number of hydrogen-bond donors (Lipinski definition) is 1. The predicted molar refractivity (Wildman–Crippen MR) is 70.1 cm³/mol. The minimum atomic E-state index is -0.345. The number of hydrogen-bond acceptors (Lipinski definition) is 3. The maximum atomic E-state index is 11.7. The Balaban J connectivity index is 1.91. The van der Waals surface area contributed by atoms with Crippen LogP contribution in [0.25, 0.3) is 0 Å². The van der Waals surface area contributed by atoms with Crippen LogP contribution in [0.2, 0.25) is 0 Å². The van der Waals surface area contributed by atoms with Crippen molar-refractivity contribution in [1.29, 1.82) is 0 Å². The lowest BCUT2D eigenvalue weighted by Crippen LogP contribution is -2.19. The predicted octanol–water partition coefficient (Wildman–Crippen LogP) is 2.54. The standard InChI is InChI=1S/C15H15NO2/c16-14(12-7-3-1-4-8-12)11-18-15(17)13-9-5-2-6-10-13/h1-10,14H,11,16H2. The second-order valence-corrected chi connectivity index (χ2v) is 3.98. The molecule has 0 spiro atoms. The van der Waals surface area contributed by atoms with Crippen LogP contribution in [0.15, 0.2) is 60.7 Å². The van der Waals surface area contributed by atoms with Crippen molar-refractivity contribution in [3.8, 4) is 0 Å². The van der Waals surface area contributed by atoms with E-state index < -0.39 is 0 Å². The fourth-order valence-electron chi connectivity index (χ4n) is 1.62. The molecular formula is C15H15NO2. The highest BCUT2D eigenvalue weighted by atomic mass is 16.5. The van der Waals surface area contributed by atoms with Crippen molar-refractivity contribution < 1.29 is 9.53 Å². The van der Waals surface area contributed by atoms with Gasteiger partial charge in [0.2, 0.25) is 0 Å². The summed E-state index contributed by atoms with van der Waals surface area (Å²) in [6.07, 6.45) is 0. The van der Waals surface area contributed by atoms with Gasteiger partial charge in [0, 0.05) is 0 Å². The molecule has 3 nitrogen and oxygen atoms in total. The van der Waals surface area contributed by atoms with E-state index in [-0.39, 0.29) is 18.6 Å². The Morgan fingerprint density at radius 1 is 1.00 bits per heavy atom. The molecule has 1 atom stereocenters. The molecule has 0 saturated heterocycles. The maximum absolute atomic E-state index is 11.7. The summed E-state index contributed by atoms with van der Waals surface area (Å²) in [5, 5.41) is 0. The summed E-state index contributed by atoms with van der Waals surface area (Å²) in [5.74, 6) is -0.345. The lowest BCUT2D eigenvalue weighted by atomic mass is 10.1. The molecule has 2 rings (SSSR count). The number of rotatable bonds is 4. The van der Waals surface area contributed by atoms with Crippen LogP contribution < -0.4 is 5.73 Å². The summed E-state index contributed by atoms with van der Waals surface area (Å²) in [7, 11) is 0. The highest BCUT2D eigenvalue weighted by molar-refractivity contribution is 5.89. The third-order valence-corrected chi connectivity index (χ3v) is 2.63. The molecule has 0 heterocycles. The van der Waals surface area contributed by atoms with Gasteiger partial charge in [0.05, 0.1) is 11.6 Å². The first-order chi connectivity index (χ1) is 8.77. The van der Waals surface area contributed by atoms with Crippen molar-refractivity contribution in [2.45, 2.75) is 6.04 Å². The minimum absolute atomic E-state index is 0.178. The molecule has 0 amide bonds. The number of carbonyl (C=O) groups is 1. The summed E-state index contributed by atoms with van der Waals surface area (Å²) < 4.78 is 5.18. The Hall–Kier alpha value is -2.13. The van der Waals surface area contributed by atoms with Gasteiger partial charge in [-0.15, -0.1) is 0 Å².